The molecule has 1 fully saturated rings. The molecule has 200 valence electrons. The summed E-state index contributed by atoms with van der Waals surface area (Å²) in [4.78, 5) is 17.5. The van der Waals surface area contributed by atoms with Crippen LogP contribution < -0.4 is 4.74 Å². The first-order valence-corrected chi connectivity index (χ1v) is 14.1. The monoisotopic (exact) mass is 539 g/mol. The maximum atomic E-state index is 13.2. The number of hydrogen-bond donors (Lipinski definition) is 0. The Morgan fingerprint density at radius 3 is 2.38 bits per heavy atom. The number of benzene rings is 3. The van der Waals surface area contributed by atoms with Gasteiger partial charge in [-0.05, 0) is 24.6 Å². The third kappa shape index (κ3) is 6.58. The van der Waals surface area contributed by atoms with E-state index in [1.54, 1.807) is 7.11 Å². The molecule has 0 aliphatic carbocycles. The fourth-order valence-electron chi connectivity index (χ4n) is 4.58. The average molecular weight is 540 g/mol. The van der Waals surface area contributed by atoms with Gasteiger partial charge in [0.05, 0.1) is 18.6 Å². The van der Waals surface area contributed by atoms with Gasteiger partial charge in [-0.15, -0.1) is 10.2 Å². The van der Waals surface area contributed by atoms with E-state index in [1.807, 2.05) is 64.1 Å². The van der Waals surface area contributed by atoms with Gasteiger partial charge in [0.15, 0.2) is 11.0 Å². The highest BCUT2D eigenvalue weighted by molar-refractivity contribution is 7.99. The van der Waals surface area contributed by atoms with Gasteiger partial charge in [0.2, 0.25) is 5.91 Å². The van der Waals surface area contributed by atoms with Gasteiger partial charge >= 0.3 is 0 Å². The van der Waals surface area contributed by atoms with Crippen molar-refractivity contribution in [3.63, 3.8) is 0 Å². The Kier molecular flexibility index (Phi) is 8.75. The molecule has 1 saturated heterocycles. The van der Waals surface area contributed by atoms with Crippen LogP contribution in [0, 0.1) is 6.92 Å². The van der Waals surface area contributed by atoms with Crippen molar-refractivity contribution in [2.75, 3.05) is 45.6 Å². The van der Waals surface area contributed by atoms with Gasteiger partial charge in [-0.25, -0.2) is 0 Å². The number of carbonyl (C=O) groups is 1. The van der Waals surface area contributed by atoms with E-state index in [1.165, 1.54) is 22.9 Å². The van der Waals surface area contributed by atoms with E-state index in [4.69, 9.17) is 4.74 Å². The number of para-hydroxylation sites is 2. The van der Waals surface area contributed by atoms with Crippen LogP contribution in [0.3, 0.4) is 0 Å². The van der Waals surface area contributed by atoms with Crippen molar-refractivity contribution in [2.45, 2.75) is 12.1 Å². The van der Waals surface area contributed by atoms with E-state index in [0.29, 0.717) is 16.7 Å². The molecule has 2 heterocycles. The zero-order chi connectivity index (χ0) is 27.0. The summed E-state index contributed by atoms with van der Waals surface area (Å²) >= 11 is 1.41. The van der Waals surface area contributed by atoms with E-state index in [9.17, 15) is 4.79 Å². The Morgan fingerprint density at radius 2 is 1.64 bits per heavy atom. The normalized spacial score (nSPS) is 14.2. The van der Waals surface area contributed by atoms with Gasteiger partial charge in [-0.2, -0.15) is 0 Å². The standard InChI is InChI=1S/C31H33N5O2S/c1-24-14-16-26(17-15-24)30-32-33-31(36(30)27-12-6-7-13-28(27)38-2)39-23-29(37)35-21-19-34(20-22-35)18-8-11-25-9-4-3-5-10-25/h3-17H,18-23H2,1-2H3/b11-8+. The number of rotatable bonds is 9. The number of carbonyl (C=O) groups excluding carboxylic acids is 1. The van der Waals surface area contributed by atoms with E-state index in [-0.39, 0.29) is 5.91 Å². The summed E-state index contributed by atoms with van der Waals surface area (Å²) in [6.45, 7) is 6.13. The quantitative estimate of drug-likeness (QED) is 0.273. The van der Waals surface area contributed by atoms with E-state index < -0.39 is 0 Å². The lowest BCUT2D eigenvalue weighted by Crippen LogP contribution is -2.49. The second-order valence-electron chi connectivity index (χ2n) is 9.46. The van der Waals surface area contributed by atoms with Crippen molar-refractivity contribution in [3.05, 3.63) is 96.1 Å². The number of amides is 1. The van der Waals surface area contributed by atoms with Crippen LogP contribution in [-0.2, 0) is 4.79 Å². The molecule has 1 aliphatic heterocycles. The molecule has 0 unspecified atom stereocenters. The molecule has 0 radical (unpaired) electrons. The Bertz CT molecular complexity index is 1410. The Morgan fingerprint density at radius 1 is 0.923 bits per heavy atom. The van der Waals surface area contributed by atoms with Gasteiger partial charge in [0.25, 0.3) is 0 Å². The first kappa shape index (κ1) is 26.7. The molecule has 4 aromatic rings. The summed E-state index contributed by atoms with van der Waals surface area (Å²) in [5, 5.41) is 9.67. The fraction of sp³-hybridized carbons (Fsp3) is 0.258. The second kappa shape index (κ2) is 12.8. The minimum Gasteiger partial charge on any atom is -0.495 e. The summed E-state index contributed by atoms with van der Waals surface area (Å²) in [6.07, 6.45) is 4.34. The van der Waals surface area contributed by atoms with Crippen LogP contribution in [0.25, 0.3) is 23.2 Å². The summed E-state index contributed by atoms with van der Waals surface area (Å²) in [5.41, 5.74) is 4.17. The van der Waals surface area contributed by atoms with E-state index in [2.05, 4.69) is 58.4 Å². The highest BCUT2D eigenvalue weighted by atomic mass is 32.2. The molecule has 0 atom stereocenters. The number of thioether (sulfide) groups is 1. The third-order valence-electron chi connectivity index (χ3n) is 6.79. The predicted octanol–water partition coefficient (Wildman–Crippen LogP) is 5.20. The van der Waals surface area contributed by atoms with Crippen molar-refractivity contribution in [3.8, 4) is 22.8 Å². The van der Waals surface area contributed by atoms with E-state index in [0.717, 1.165) is 49.7 Å². The molecule has 1 amide bonds. The molecule has 0 spiro atoms. The number of ether oxygens (including phenoxy) is 1. The third-order valence-corrected chi connectivity index (χ3v) is 7.71. The minimum atomic E-state index is 0.117. The van der Waals surface area contributed by atoms with Gasteiger partial charge < -0.3 is 9.64 Å². The van der Waals surface area contributed by atoms with Gasteiger partial charge in [-0.3, -0.25) is 14.3 Å². The van der Waals surface area contributed by atoms with Gasteiger partial charge in [0, 0.05) is 38.3 Å². The number of methoxy groups -OCH3 is 1. The van der Waals surface area contributed by atoms with Crippen molar-refractivity contribution in [2.24, 2.45) is 0 Å². The first-order chi connectivity index (χ1) is 19.1. The Hall–Kier alpha value is -3.88. The molecule has 39 heavy (non-hydrogen) atoms. The molecule has 0 saturated carbocycles. The van der Waals surface area contributed by atoms with Crippen LogP contribution in [0.4, 0.5) is 0 Å². The fourth-order valence-corrected chi connectivity index (χ4v) is 5.43. The van der Waals surface area contributed by atoms with Crippen LogP contribution in [0.15, 0.2) is 90.1 Å². The zero-order valence-corrected chi connectivity index (χ0v) is 23.2. The average Bonchev–Trinajstić information content (AvgIpc) is 3.41. The van der Waals surface area contributed by atoms with Gasteiger partial charge in [-0.1, -0.05) is 96.2 Å². The SMILES string of the molecule is COc1ccccc1-n1c(SCC(=O)N2CCN(C/C=C/c3ccccc3)CC2)nnc1-c1ccc(C)cc1. The molecule has 8 heteroatoms. The predicted molar refractivity (Wildman–Crippen MR) is 157 cm³/mol. The number of aromatic nitrogens is 3. The minimum absolute atomic E-state index is 0.117. The molecule has 0 N–H and O–H groups in total. The summed E-state index contributed by atoms with van der Waals surface area (Å²) in [5.74, 6) is 1.85. The molecule has 1 aromatic heterocycles. The molecule has 7 nitrogen and oxygen atoms in total. The van der Waals surface area contributed by atoms with Crippen LogP contribution in [0.5, 0.6) is 5.75 Å². The van der Waals surface area contributed by atoms with Crippen molar-refractivity contribution >= 4 is 23.7 Å². The van der Waals surface area contributed by atoms with Crippen molar-refractivity contribution in [1.82, 2.24) is 24.6 Å². The molecular formula is C31H33N5O2S. The lowest BCUT2D eigenvalue weighted by atomic mass is 10.1. The van der Waals surface area contributed by atoms with Crippen LogP contribution in [-0.4, -0.2) is 76.1 Å². The van der Waals surface area contributed by atoms with Crippen LogP contribution >= 0.6 is 11.8 Å². The van der Waals surface area contributed by atoms with Gasteiger partial charge in [0.1, 0.15) is 5.75 Å². The lowest BCUT2D eigenvalue weighted by Gasteiger charge is -2.34. The summed E-state index contributed by atoms with van der Waals surface area (Å²) in [6, 6.07) is 26.3. The molecule has 1 aliphatic rings. The topological polar surface area (TPSA) is 63.5 Å². The highest BCUT2D eigenvalue weighted by Gasteiger charge is 2.23. The Balaban J connectivity index is 1.24. The molecule has 3 aromatic carbocycles. The Labute approximate surface area is 234 Å². The summed E-state index contributed by atoms with van der Waals surface area (Å²) < 4.78 is 7.63. The largest absolute Gasteiger partial charge is 0.495 e. The molecular weight excluding hydrogens is 506 g/mol. The van der Waals surface area contributed by atoms with Crippen LogP contribution in [0.1, 0.15) is 11.1 Å². The molecule has 0 bridgehead atoms. The second-order valence-corrected chi connectivity index (χ2v) is 10.4. The maximum Gasteiger partial charge on any atom is 0.233 e. The molecule has 5 rings (SSSR count). The van der Waals surface area contributed by atoms with Crippen LogP contribution in [0.2, 0.25) is 0 Å². The summed E-state index contributed by atoms with van der Waals surface area (Å²) in [7, 11) is 1.65. The maximum absolute atomic E-state index is 13.2. The van der Waals surface area contributed by atoms with E-state index >= 15 is 0 Å². The van der Waals surface area contributed by atoms with Crippen molar-refractivity contribution < 1.29 is 9.53 Å². The number of piperazine rings is 1. The van der Waals surface area contributed by atoms with Crippen molar-refractivity contribution in [1.29, 1.82) is 0 Å². The first-order valence-electron chi connectivity index (χ1n) is 13.1. The zero-order valence-electron chi connectivity index (χ0n) is 22.4. The highest BCUT2D eigenvalue weighted by Crippen LogP contribution is 2.32. The smallest absolute Gasteiger partial charge is 0.233 e. The number of hydrogen-bond acceptors (Lipinski definition) is 6. The number of nitrogens with zero attached hydrogens (tertiary/aromatic N) is 5. The number of aryl methyl sites for hydroxylation is 1. The lowest BCUT2D eigenvalue weighted by molar-refractivity contribution is -0.130.